The van der Waals surface area contributed by atoms with E-state index in [1.165, 1.54) is 18.4 Å². The zero-order valence-corrected chi connectivity index (χ0v) is 12.1. The van der Waals surface area contributed by atoms with Gasteiger partial charge in [-0.05, 0) is 37.9 Å². The van der Waals surface area contributed by atoms with E-state index in [0.29, 0.717) is 12.1 Å². The quantitative estimate of drug-likeness (QED) is 0.903. The Morgan fingerprint density at radius 1 is 1.39 bits per heavy atom. The van der Waals surface area contributed by atoms with Gasteiger partial charge < -0.3 is 5.32 Å². The Hall–Kier alpha value is -0.570. The fourth-order valence-electron chi connectivity index (χ4n) is 2.55. The molecule has 3 heteroatoms. The van der Waals surface area contributed by atoms with Gasteiger partial charge in [-0.15, -0.1) is 0 Å². The zero-order chi connectivity index (χ0) is 13.0. The minimum Gasteiger partial charge on any atom is -0.313 e. The highest BCUT2D eigenvalue weighted by Gasteiger charge is 2.22. The second-order valence-electron chi connectivity index (χ2n) is 5.22. The summed E-state index contributed by atoms with van der Waals surface area (Å²) in [6.07, 6.45) is 2.40. The van der Waals surface area contributed by atoms with Gasteiger partial charge in [-0.1, -0.05) is 36.7 Å². The number of nitrogens with zero attached hydrogens (tertiary/aromatic N) is 1. The van der Waals surface area contributed by atoms with Gasteiger partial charge in [0.1, 0.15) is 0 Å². The molecule has 2 unspecified atom stereocenters. The summed E-state index contributed by atoms with van der Waals surface area (Å²) < 4.78 is 0. The van der Waals surface area contributed by atoms with Crippen LogP contribution in [0.4, 0.5) is 0 Å². The third-order valence-corrected chi connectivity index (χ3v) is 4.27. The molecule has 18 heavy (non-hydrogen) atoms. The van der Waals surface area contributed by atoms with Gasteiger partial charge in [-0.2, -0.15) is 0 Å². The average molecular weight is 267 g/mol. The Balaban J connectivity index is 2.08. The maximum absolute atomic E-state index is 6.26. The van der Waals surface area contributed by atoms with Crippen LogP contribution in [-0.4, -0.2) is 30.1 Å². The molecule has 1 saturated heterocycles. The van der Waals surface area contributed by atoms with Crippen LogP contribution in [-0.2, 0) is 6.54 Å². The molecule has 0 aliphatic carbocycles. The highest BCUT2D eigenvalue weighted by atomic mass is 35.5. The van der Waals surface area contributed by atoms with Gasteiger partial charge in [0.2, 0.25) is 0 Å². The number of benzene rings is 1. The van der Waals surface area contributed by atoms with Crippen molar-refractivity contribution in [1.29, 1.82) is 0 Å². The Morgan fingerprint density at radius 2 is 2.17 bits per heavy atom. The van der Waals surface area contributed by atoms with Crippen molar-refractivity contribution in [3.63, 3.8) is 0 Å². The smallest absolute Gasteiger partial charge is 0.0451 e. The number of hydrogen-bond acceptors (Lipinski definition) is 2. The number of rotatable bonds is 3. The van der Waals surface area contributed by atoms with E-state index in [9.17, 15) is 0 Å². The first-order chi connectivity index (χ1) is 8.70. The first-order valence-corrected chi connectivity index (χ1v) is 7.29. The Bertz CT molecular complexity index is 381. The fraction of sp³-hybridized carbons (Fsp3) is 0.600. The van der Waals surface area contributed by atoms with E-state index in [2.05, 4.69) is 36.2 Å². The summed E-state index contributed by atoms with van der Waals surface area (Å²) in [6.45, 7) is 7.76. The maximum Gasteiger partial charge on any atom is 0.0451 e. The van der Waals surface area contributed by atoms with Crippen molar-refractivity contribution in [3.05, 3.63) is 34.9 Å². The van der Waals surface area contributed by atoms with E-state index in [1.54, 1.807) is 0 Å². The monoisotopic (exact) mass is 266 g/mol. The largest absolute Gasteiger partial charge is 0.313 e. The van der Waals surface area contributed by atoms with Gasteiger partial charge >= 0.3 is 0 Å². The molecule has 0 bridgehead atoms. The maximum atomic E-state index is 6.26. The minimum atomic E-state index is 0.609. The van der Waals surface area contributed by atoms with Crippen molar-refractivity contribution >= 4 is 11.6 Å². The Labute approximate surface area is 115 Å². The lowest BCUT2D eigenvalue weighted by molar-refractivity contribution is 0.194. The molecule has 100 valence electrons. The Morgan fingerprint density at radius 3 is 2.89 bits per heavy atom. The summed E-state index contributed by atoms with van der Waals surface area (Å²) in [5, 5.41) is 4.50. The molecule has 2 nitrogen and oxygen atoms in total. The van der Waals surface area contributed by atoms with Crippen LogP contribution >= 0.6 is 11.6 Å². The van der Waals surface area contributed by atoms with Gasteiger partial charge in [0.15, 0.2) is 0 Å². The summed E-state index contributed by atoms with van der Waals surface area (Å²) in [5.74, 6) is 0. The van der Waals surface area contributed by atoms with E-state index in [0.717, 1.165) is 24.7 Å². The SMILES string of the molecule is CCC1CN(Cc2ccccc2Cl)C(C)CCN1. The molecule has 1 fully saturated rings. The van der Waals surface area contributed by atoms with E-state index in [-0.39, 0.29) is 0 Å². The van der Waals surface area contributed by atoms with Gasteiger partial charge in [0.25, 0.3) is 0 Å². The topological polar surface area (TPSA) is 15.3 Å². The molecule has 1 aliphatic heterocycles. The lowest BCUT2D eigenvalue weighted by atomic mass is 10.1. The molecule has 2 rings (SSSR count). The van der Waals surface area contributed by atoms with Gasteiger partial charge in [-0.3, -0.25) is 4.90 Å². The first-order valence-electron chi connectivity index (χ1n) is 6.91. The fourth-order valence-corrected chi connectivity index (χ4v) is 2.74. The van der Waals surface area contributed by atoms with Gasteiger partial charge in [-0.25, -0.2) is 0 Å². The van der Waals surface area contributed by atoms with Crippen molar-refractivity contribution < 1.29 is 0 Å². The van der Waals surface area contributed by atoms with Crippen LogP contribution in [0.2, 0.25) is 5.02 Å². The molecule has 2 atom stereocenters. The molecule has 0 saturated carbocycles. The predicted octanol–water partition coefficient (Wildman–Crippen LogP) is 3.30. The molecule has 1 heterocycles. The third kappa shape index (κ3) is 3.47. The highest BCUT2D eigenvalue weighted by molar-refractivity contribution is 6.31. The van der Waals surface area contributed by atoms with Crippen LogP contribution in [0.25, 0.3) is 0 Å². The van der Waals surface area contributed by atoms with Crippen LogP contribution in [0.1, 0.15) is 32.3 Å². The lowest BCUT2D eigenvalue weighted by Crippen LogP contribution is -2.39. The third-order valence-electron chi connectivity index (χ3n) is 3.90. The molecule has 1 aromatic carbocycles. The van der Waals surface area contributed by atoms with Crippen LogP contribution in [0.15, 0.2) is 24.3 Å². The molecule has 0 amide bonds. The van der Waals surface area contributed by atoms with Gasteiger partial charge in [0.05, 0.1) is 0 Å². The van der Waals surface area contributed by atoms with Crippen molar-refractivity contribution in [2.24, 2.45) is 0 Å². The van der Waals surface area contributed by atoms with E-state index >= 15 is 0 Å². The zero-order valence-electron chi connectivity index (χ0n) is 11.3. The van der Waals surface area contributed by atoms with Crippen molar-refractivity contribution in [2.45, 2.75) is 45.3 Å². The van der Waals surface area contributed by atoms with Crippen molar-refractivity contribution in [3.8, 4) is 0 Å². The Kier molecular flexibility index (Phi) is 5.04. The van der Waals surface area contributed by atoms with Gasteiger partial charge in [0, 0.05) is 30.2 Å². The standard InChI is InChI=1S/C15H23ClN2/c1-3-14-11-18(12(2)8-9-17-14)10-13-6-4-5-7-15(13)16/h4-7,12,14,17H,3,8-11H2,1-2H3. The molecule has 1 aromatic rings. The van der Waals surface area contributed by atoms with Crippen molar-refractivity contribution in [2.75, 3.05) is 13.1 Å². The minimum absolute atomic E-state index is 0.609. The summed E-state index contributed by atoms with van der Waals surface area (Å²) in [5.41, 5.74) is 1.24. The molecule has 1 N–H and O–H groups in total. The molecule has 0 radical (unpaired) electrons. The number of halogens is 1. The normalized spacial score (nSPS) is 25.9. The first kappa shape index (κ1) is 13.9. The van der Waals surface area contributed by atoms with E-state index < -0.39 is 0 Å². The molecule has 1 aliphatic rings. The van der Waals surface area contributed by atoms with Crippen LogP contribution in [0, 0.1) is 0 Å². The lowest BCUT2D eigenvalue weighted by Gasteiger charge is -2.29. The summed E-state index contributed by atoms with van der Waals surface area (Å²) in [4.78, 5) is 2.55. The molecule has 0 spiro atoms. The van der Waals surface area contributed by atoms with Crippen LogP contribution in [0.3, 0.4) is 0 Å². The molecular weight excluding hydrogens is 244 g/mol. The second-order valence-corrected chi connectivity index (χ2v) is 5.63. The molecule has 0 aromatic heterocycles. The summed E-state index contributed by atoms with van der Waals surface area (Å²) >= 11 is 6.26. The second kappa shape index (κ2) is 6.55. The summed E-state index contributed by atoms with van der Waals surface area (Å²) in [6, 6.07) is 9.40. The van der Waals surface area contributed by atoms with E-state index in [1.807, 2.05) is 12.1 Å². The molecular formula is C15H23ClN2. The van der Waals surface area contributed by atoms with Crippen LogP contribution in [0.5, 0.6) is 0 Å². The highest BCUT2D eigenvalue weighted by Crippen LogP contribution is 2.20. The average Bonchev–Trinajstić information content (AvgIpc) is 2.55. The van der Waals surface area contributed by atoms with Crippen molar-refractivity contribution in [1.82, 2.24) is 10.2 Å². The number of nitrogens with one attached hydrogen (secondary N) is 1. The number of hydrogen-bond donors (Lipinski definition) is 1. The summed E-state index contributed by atoms with van der Waals surface area (Å²) in [7, 11) is 0. The predicted molar refractivity (Wildman–Crippen MR) is 78.0 cm³/mol. The van der Waals surface area contributed by atoms with Crippen LogP contribution < -0.4 is 5.32 Å². The van der Waals surface area contributed by atoms with E-state index in [4.69, 9.17) is 11.6 Å².